The molecule has 0 radical (unpaired) electrons. The van der Waals surface area contributed by atoms with E-state index in [2.05, 4.69) is 65.1 Å². The molecular weight excluding hydrogens is 254 g/mol. The number of halogens is 1. The molecule has 0 aliphatic rings. The minimum absolute atomic E-state index is 0.192. The van der Waals surface area contributed by atoms with Gasteiger partial charge < -0.3 is 5.32 Å². The van der Waals surface area contributed by atoms with Gasteiger partial charge in [-0.1, -0.05) is 37.6 Å². The van der Waals surface area contributed by atoms with Crippen molar-refractivity contribution in [2.45, 2.75) is 59.9 Å². The number of benzene rings is 1. The van der Waals surface area contributed by atoms with E-state index in [1.165, 1.54) is 11.1 Å². The first-order valence-electron chi connectivity index (χ1n) is 7.09. The molecule has 0 aliphatic heterocycles. The zero-order valence-corrected chi connectivity index (χ0v) is 14.0. The van der Waals surface area contributed by atoms with Gasteiger partial charge in [-0.3, -0.25) is 0 Å². The quantitative estimate of drug-likeness (QED) is 0.801. The zero-order valence-electron chi connectivity index (χ0n) is 13.2. The molecule has 0 aromatic heterocycles. The number of hydrogen-bond donors (Lipinski definition) is 1. The maximum absolute atomic E-state index is 6.33. The summed E-state index contributed by atoms with van der Waals surface area (Å²) in [6, 6.07) is 6.36. The Labute approximate surface area is 123 Å². The van der Waals surface area contributed by atoms with Crippen molar-refractivity contribution in [2.75, 3.05) is 6.54 Å². The second kappa shape index (κ2) is 6.28. The number of nitrogens with one attached hydrogen (secondary N) is 1. The summed E-state index contributed by atoms with van der Waals surface area (Å²) < 4.78 is 0. The highest BCUT2D eigenvalue weighted by Gasteiger charge is 2.20. The van der Waals surface area contributed by atoms with Crippen LogP contribution >= 0.6 is 11.6 Å². The van der Waals surface area contributed by atoms with Crippen LogP contribution in [-0.4, -0.2) is 12.1 Å². The molecule has 0 fully saturated rings. The van der Waals surface area contributed by atoms with Gasteiger partial charge in [0, 0.05) is 10.6 Å². The van der Waals surface area contributed by atoms with Gasteiger partial charge in [-0.15, -0.1) is 0 Å². The van der Waals surface area contributed by atoms with Gasteiger partial charge >= 0.3 is 0 Å². The lowest BCUT2D eigenvalue weighted by Crippen LogP contribution is -2.38. The van der Waals surface area contributed by atoms with E-state index < -0.39 is 0 Å². The zero-order chi connectivity index (χ0) is 14.7. The van der Waals surface area contributed by atoms with Crippen molar-refractivity contribution < 1.29 is 0 Å². The molecule has 1 nitrogen and oxygen atoms in total. The lowest BCUT2D eigenvalue weighted by atomic mass is 9.82. The van der Waals surface area contributed by atoms with Gasteiger partial charge in [0.05, 0.1) is 0 Å². The molecule has 1 rings (SSSR count). The third-order valence-electron chi connectivity index (χ3n) is 3.33. The average molecular weight is 282 g/mol. The summed E-state index contributed by atoms with van der Waals surface area (Å²) in [7, 11) is 0. The van der Waals surface area contributed by atoms with Gasteiger partial charge in [0.15, 0.2) is 0 Å². The molecule has 0 aliphatic carbocycles. The predicted molar refractivity (Wildman–Crippen MR) is 86.0 cm³/mol. The molecule has 0 amide bonds. The van der Waals surface area contributed by atoms with Crippen LogP contribution < -0.4 is 5.32 Å². The van der Waals surface area contributed by atoms with E-state index in [0.717, 1.165) is 24.4 Å². The molecule has 1 aromatic rings. The molecule has 19 heavy (non-hydrogen) atoms. The smallest absolute Gasteiger partial charge is 0.0440 e. The van der Waals surface area contributed by atoms with E-state index in [0.29, 0.717) is 0 Å². The highest BCUT2D eigenvalue weighted by Crippen LogP contribution is 2.29. The number of hydrogen-bond acceptors (Lipinski definition) is 1. The second-order valence-corrected chi connectivity index (χ2v) is 7.77. The SMILES string of the molecule is Cc1ccc(CC(C)(C)CCNC(C)(C)C)c(Cl)c1. The lowest BCUT2D eigenvalue weighted by Gasteiger charge is -2.28. The Hall–Kier alpha value is -0.530. The van der Waals surface area contributed by atoms with Crippen molar-refractivity contribution >= 4 is 11.6 Å². The van der Waals surface area contributed by atoms with E-state index in [1.54, 1.807) is 0 Å². The van der Waals surface area contributed by atoms with Crippen LogP contribution in [0.5, 0.6) is 0 Å². The molecule has 0 spiro atoms. The molecule has 0 heterocycles. The molecular formula is C17H28ClN. The van der Waals surface area contributed by atoms with Gasteiger partial charge in [0.25, 0.3) is 0 Å². The van der Waals surface area contributed by atoms with E-state index in [1.807, 2.05) is 0 Å². The molecule has 0 saturated carbocycles. The maximum Gasteiger partial charge on any atom is 0.0440 e. The summed E-state index contributed by atoms with van der Waals surface area (Å²) in [4.78, 5) is 0. The van der Waals surface area contributed by atoms with Crippen LogP contribution in [0.2, 0.25) is 5.02 Å². The van der Waals surface area contributed by atoms with Crippen LogP contribution in [0.15, 0.2) is 18.2 Å². The standard InChI is InChI=1S/C17H28ClN/c1-13-7-8-14(15(18)11-13)12-17(5,6)9-10-19-16(2,3)4/h7-8,11,19H,9-10,12H2,1-6H3. The summed E-state index contributed by atoms with van der Waals surface area (Å²) in [6.07, 6.45) is 2.17. The van der Waals surface area contributed by atoms with Crippen molar-refractivity contribution in [1.29, 1.82) is 0 Å². The first-order chi connectivity index (χ1) is 8.59. The average Bonchev–Trinajstić information content (AvgIpc) is 2.20. The van der Waals surface area contributed by atoms with Gasteiger partial charge in [-0.2, -0.15) is 0 Å². The summed E-state index contributed by atoms with van der Waals surface area (Å²) in [5, 5.41) is 4.45. The Morgan fingerprint density at radius 2 is 1.74 bits per heavy atom. The molecule has 0 unspecified atom stereocenters. The summed E-state index contributed by atoms with van der Waals surface area (Å²) in [5.41, 5.74) is 2.93. The molecule has 0 bridgehead atoms. The van der Waals surface area contributed by atoms with Crippen LogP contribution in [0, 0.1) is 12.3 Å². The molecule has 108 valence electrons. The fourth-order valence-corrected chi connectivity index (χ4v) is 2.48. The van der Waals surface area contributed by atoms with Crippen LogP contribution in [0.25, 0.3) is 0 Å². The van der Waals surface area contributed by atoms with Crippen LogP contribution in [0.1, 0.15) is 52.2 Å². The molecule has 0 atom stereocenters. The fraction of sp³-hybridized carbons (Fsp3) is 0.647. The van der Waals surface area contributed by atoms with E-state index >= 15 is 0 Å². The Morgan fingerprint density at radius 3 is 2.26 bits per heavy atom. The van der Waals surface area contributed by atoms with Crippen LogP contribution in [0.3, 0.4) is 0 Å². The van der Waals surface area contributed by atoms with E-state index in [9.17, 15) is 0 Å². The fourth-order valence-electron chi connectivity index (χ4n) is 2.18. The van der Waals surface area contributed by atoms with Gasteiger partial charge in [0.2, 0.25) is 0 Å². The lowest BCUT2D eigenvalue weighted by molar-refractivity contribution is 0.302. The Morgan fingerprint density at radius 1 is 1.11 bits per heavy atom. The third kappa shape index (κ3) is 6.44. The summed E-state index contributed by atoms with van der Waals surface area (Å²) in [6.45, 7) is 14.4. The minimum Gasteiger partial charge on any atom is -0.312 e. The Bertz CT molecular complexity index is 416. The molecule has 1 aromatic carbocycles. The molecule has 1 N–H and O–H groups in total. The maximum atomic E-state index is 6.33. The van der Waals surface area contributed by atoms with Crippen LogP contribution in [0.4, 0.5) is 0 Å². The van der Waals surface area contributed by atoms with Crippen molar-refractivity contribution in [3.8, 4) is 0 Å². The summed E-state index contributed by atoms with van der Waals surface area (Å²) >= 11 is 6.33. The Kier molecular flexibility index (Phi) is 5.46. The molecule has 2 heteroatoms. The Balaban J connectivity index is 2.58. The highest BCUT2D eigenvalue weighted by molar-refractivity contribution is 6.31. The number of aryl methyl sites for hydroxylation is 1. The first-order valence-corrected chi connectivity index (χ1v) is 7.47. The van der Waals surface area contributed by atoms with Crippen LogP contribution in [-0.2, 0) is 6.42 Å². The van der Waals surface area contributed by atoms with Crippen molar-refractivity contribution in [3.63, 3.8) is 0 Å². The highest BCUT2D eigenvalue weighted by atomic mass is 35.5. The monoisotopic (exact) mass is 281 g/mol. The second-order valence-electron chi connectivity index (χ2n) is 7.36. The van der Waals surface area contributed by atoms with Gasteiger partial charge in [-0.05, 0) is 69.7 Å². The normalized spacial score (nSPS) is 12.8. The topological polar surface area (TPSA) is 12.0 Å². The largest absolute Gasteiger partial charge is 0.312 e. The van der Waals surface area contributed by atoms with Crippen molar-refractivity contribution in [2.24, 2.45) is 5.41 Å². The van der Waals surface area contributed by atoms with Gasteiger partial charge in [-0.25, -0.2) is 0 Å². The third-order valence-corrected chi connectivity index (χ3v) is 3.69. The van der Waals surface area contributed by atoms with Gasteiger partial charge in [0.1, 0.15) is 0 Å². The predicted octanol–water partition coefficient (Wildman–Crippen LogP) is 5.00. The molecule has 0 saturated heterocycles. The van der Waals surface area contributed by atoms with Crippen molar-refractivity contribution in [3.05, 3.63) is 34.3 Å². The minimum atomic E-state index is 0.192. The first kappa shape index (κ1) is 16.5. The van der Waals surface area contributed by atoms with Crippen molar-refractivity contribution in [1.82, 2.24) is 5.32 Å². The van der Waals surface area contributed by atoms with E-state index in [4.69, 9.17) is 11.6 Å². The number of rotatable bonds is 5. The summed E-state index contributed by atoms with van der Waals surface area (Å²) in [5.74, 6) is 0. The van der Waals surface area contributed by atoms with E-state index in [-0.39, 0.29) is 11.0 Å².